The van der Waals surface area contributed by atoms with Gasteiger partial charge < -0.3 is 5.11 Å². The van der Waals surface area contributed by atoms with Gasteiger partial charge in [-0.2, -0.15) is 5.10 Å². The average molecular weight is 374 g/mol. The van der Waals surface area contributed by atoms with Crippen LogP contribution in [0.15, 0.2) is 39.8 Å². The van der Waals surface area contributed by atoms with Gasteiger partial charge in [0, 0.05) is 17.7 Å². The SMILES string of the molecule is Cn1ccc(CNS(=O)(=O)c2ccc(Br)c(C(=O)O)c2)n1. The lowest BCUT2D eigenvalue weighted by Gasteiger charge is -2.07. The first-order valence-electron chi connectivity index (χ1n) is 5.80. The van der Waals surface area contributed by atoms with Crippen LogP contribution in [-0.2, 0) is 23.6 Å². The summed E-state index contributed by atoms with van der Waals surface area (Å²) in [5, 5.41) is 13.1. The van der Waals surface area contributed by atoms with Gasteiger partial charge in [-0.1, -0.05) is 0 Å². The van der Waals surface area contributed by atoms with Gasteiger partial charge in [0.1, 0.15) is 0 Å². The molecule has 0 spiro atoms. The summed E-state index contributed by atoms with van der Waals surface area (Å²) in [5.41, 5.74) is 0.451. The number of benzene rings is 1. The third-order valence-corrected chi connectivity index (χ3v) is 4.78. The van der Waals surface area contributed by atoms with Crippen LogP contribution in [0.5, 0.6) is 0 Å². The number of aromatic carboxylic acids is 1. The highest BCUT2D eigenvalue weighted by Gasteiger charge is 2.18. The van der Waals surface area contributed by atoms with Crippen LogP contribution >= 0.6 is 15.9 Å². The molecule has 0 saturated carbocycles. The molecule has 1 aromatic heterocycles. The average Bonchev–Trinajstić information content (AvgIpc) is 2.82. The predicted octanol–water partition coefficient (Wildman–Crippen LogP) is 1.36. The Morgan fingerprint density at radius 2 is 2.14 bits per heavy atom. The molecule has 0 bridgehead atoms. The van der Waals surface area contributed by atoms with E-state index in [1.165, 1.54) is 12.1 Å². The first-order chi connectivity index (χ1) is 9.79. The van der Waals surface area contributed by atoms with E-state index in [1.807, 2.05) is 0 Å². The zero-order valence-corrected chi connectivity index (χ0v) is 13.3. The maximum Gasteiger partial charge on any atom is 0.336 e. The van der Waals surface area contributed by atoms with Gasteiger partial charge in [0.15, 0.2) is 0 Å². The third kappa shape index (κ3) is 3.69. The molecule has 0 aliphatic heterocycles. The molecule has 0 aliphatic carbocycles. The van der Waals surface area contributed by atoms with E-state index in [0.717, 1.165) is 6.07 Å². The highest BCUT2D eigenvalue weighted by molar-refractivity contribution is 9.10. The van der Waals surface area contributed by atoms with Crippen molar-refractivity contribution < 1.29 is 18.3 Å². The number of nitrogens with zero attached hydrogens (tertiary/aromatic N) is 2. The summed E-state index contributed by atoms with van der Waals surface area (Å²) in [4.78, 5) is 10.9. The van der Waals surface area contributed by atoms with E-state index < -0.39 is 16.0 Å². The summed E-state index contributed by atoms with van der Waals surface area (Å²) in [6, 6.07) is 5.51. The number of nitrogens with one attached hydrogen (secondary N) is 1. The molecule has 7 nitrogen and oxygen atoms in total. The molecule has 0 saturated heterocycles. The lowest BCUT2D eigenvalue weighted by atomic mass is 10.2. The Hall–Kier alpha value is -1.71. The van der Waals surface area contributed by atoms with Crippen LogP contribution in [0.25, 0.3) is 0 Å². The van der Waals surface area contributed by atoms with E-state index >= 15 is 0 Å². The number of hydrogen-bond donors (Lipinski definition) is 2. The molecular formula is C12H12BrN3O4S. The number of aromatic nitrogens is 2. The van der Waals surface area contributed by atoms with Crippen LogP contribution in [-0.4, -0.2) is 29.3 Å². The maximum absolute atomic E-state index is 12.1. The van der Waals surface area contributed by atoms with Crippen molar-refractivity contribution in [2.45, 2.75) is 11.4 Å². The van der Waals surface area contributed by atoms with Crippen molar-refractivity contribution in [2.75, 3.05) is 0 Å². The van der Waals surface area contributed by atoms with Crippen LogP contribution in [0.2, 0.25) is 0 Å². The highest BCUT2D eigenvalue weighted by Crippen LogP contribution is 2.21. The minimum absolute atomic E-state index is 0.0294. The lowest BCUT2D eigenvalue weighted by molar-refractivity contribution is 0.0695. The summed E-state index contributed by atoms with van der Waals surface area (Å²) < 4.78 is 28.5. The minimum Gasteiger partial charge on any atom is -0.478 e. The topological polar surface area (TPSA) is 101 Å². The number of hydrogen-bond acceptors (Lipinski definition) is 4. The van der Waals surface area contributed by atoms with Crippen molar-refractivity contribution in [2.24, 2.45) is 7.05 Å². The fourth-order valence-electron chi connectivity index (χ4n) is 1.65. The van der Waals surface area contributed by atoms with Gasteiger partial charge in [0.2, 0.25) is 10.0 Å². The Labute approximate surface area is 129 Å². The van der Waals surface area contributed by atoms with Gasteiger partial charge in [-0.05, 0) is 40.2 Å². The monoisotopic (exact) mass is 373 g/mol. The number of carbonyl (C=O) groups is 1. The molecule has 0 fully saturated rings. The van der Waals surface area contributed by atoms with Crippen molar-refractivity contribution in [3.8, 4) is 0 Å². The number of sulfonamides is 1. The minimum atomic E-state index is -3.81. The first kappa shape index (κ1) is 15.7. The molecule has 2 aromatic rings. The Morgan fingerprint density at radius 3 is 2.71 bits per heavy atom. The highest BCUT2D eigenvalue weighted by atomic mass is 79.9. The molecule has 0 atom stereocenters. The number of carboxylic acids is 1. The third-order valence-electron chi connectivity index (χ3n) is 2.69. The molecule has 21 heavy (non-hydrogen) atoms. The van der Waals surface area contributed by atoms with Crippen LogP contribution in [0, 0.1) is 0 Å². The summed E-state index contributed by atoms with van der Waals surface area (Å²) in [7, 11) is -2.08. The summed E-state index contributed by atoms with van der Waals surface area (Å²) in [5.74, 6) is -1.20. The molecule has 2 rings (SSSR count). The molecule has 9 heteroatoms. The van der Waals surface area contributed by atoms with Crippen molar-refractivity contribution in [3.05, 3.63) is 46.2 Å². The molecule has 2 N–H and O–H groups in total. The Kier molecular flexibility index (Phi) is 4.45. The molecule has 0 amide bonds. The van der Waals surface area contributed by atoms with E-state index in [1.54, 1.807) is 24.0 Å². The van der Waals surface area contributed by atoms with E-state index in [9.17, 15) is 13.2 Å². The van der Waals surface area contributed by atoms with E-state index in [4.69, 9.17) is 5.11 Å². The van der Waals surface area contributed by atoms with Crippen LogP contribution in [0.3, 0.4) is 0 Å². The van der Waals surface area contributed by atoms with Gasteiger partial charge >= 0.3 is 5.97 Å². The molecular weight excluding hydrogens is 362 g/mol. The lowest BCUT2D eigenvalue weighted by Crippen LogP contribution is -2.24. The van der Waals surface area contributed by atoms with Crippen molar-refractivity contribution in [1.82, 2.24) is 14.5 Å². The standard InChI is InChI=1S/C12H12BrN3O4S/c1-16-5-4-8(15-16)7-14-21(19,20)9-2-3-11(13)10(6-9)12(17)18/h2-6,14H,7H2,1H3,(H,17,18). The molecule has 0 aliphatic rings. The fourth-order valence-corrected chi connectivity index (χ4v) is 3.09. The van der Waals surface area contributed by atoms with Crippen LogP contribution in [0.1, 0.15) is 16.1 Å². The molecule has 0 unspecified atom stereocenters. The Morgan fingerprint density at radius 1 is 1.43 bits per heavy atom. The maximum atomic E-state index is 12.1. The summed E-state index contributed by atoms with van der Waals surface area (Å²) in [6.45, 7) is 0.0294. The van der Waals surface area contributed by atoms with Gasteiger partial charge in [-0.3, -0.25) is 4.68 Å². The largest absolute Gasteiger partial charge is 0.478 e. The Balaban J connectivity index is 2.23. The van der Waals surface area contributed by atoms with Crippen molar-refractivity contribution in [3.63, 3.8) is 0 Å². The molecule has 1 aromatic carbocycles. The van der Waals surface area contributed by atoms with Crippen molar-refractivity contribution >= 4 is 31.9 Å². The van der Waals surface area contributed by atoms with Gasteiger partial charge in [-0.25, -0.2) is 17.9 Å². The van der Waals surface area contributed by atoms with Gasteiger partial charge in [0.05, 0.1) is 22.7 Å². The van der Waals surface area contributed by atoms with Gasteiger partial charge in [0.25, 0.3) is 0 Å². The number of carboxylic acid groups (broad SMARTS) is 1. The van der Waals surface area contributed by atoms with Crippen LogP contribution < -0.4 is 4.72 Å². The van der Waals surface area contributed by atoms with E-state index in [2.05, 4.69) is 25.8 Å². The number of rotatable bonds is 5. The fraction of sp³-hybridized carbons (Fsp3) is 0.167. The van der Waals surface area contributed by atoms with Crippen LogP contribution in [0.4, 0.5) is 0 Å². The quantitative estimate of drug-likeness (QED) is 0.823. The van der Waals surface area contributed by atoms with Gasteiger partial charge in [-0.15, -0.1) is 0 Å². The Bertz CT molecular complexity index is 786. The first-order valence-corrected chi connectivity index (χ1v) is 8.08. The summed E-state index contributed by atoms with van der Waals surface area (Å²) in [6.07, 6.45) is 1.70. The summed E-state index contributed by atoms with van der Waals surface area (Å²) >= 11 is 3.07. The predicted molar refractivity (Wildman–Crippen MR) is 78.3 cm³/mol. The normalized spacial score (nSPS) is 11.5. The van der Waals surface area contributed by atoms with Crippen molar-refractivity contribution in [1.29, 1.82) is 0 Å². The van der Waals surface area contributed by atoms with E-state index in [-0.39, 0.29) is 17.0 Å². The number of halogens is 1. The molecule has 112 valence electrons. The second-order valence-electron chi connectivity index (χ2n) is 4.25. The zero-order chi connectivity index (χ0) is 15.6. The second kappa shape index (κ2) is 5.96. The zero-order valence-electron chi connectivity index (χ0n) is 10.9. The van der Waals surface area contributed by atoms with E-state index in [0.29, 0.717) is 10.2 Å². The second-order valence-corrected chi connectivity index (χ2v) is 6.87. The molecule has 0 radical (unpaired) electrons. The molecule has 1 heterocycles. The number of aryl methyl sites for hydroxylation is 1. The smallest absolute Gasteiger partial charge is 0.336 e.